The van der Waals surface area contributed by atoms with Crippen molar-refractivity contribution in [2.75, 3.05) is 24.7 Å². The quantitative estimate of drug-likeness (QED) is 0.493. The third kappa shape index (κ3) is 3.83. The van der Waals surface area contributed by atoms with Crippen LogP contribution in [0.5, 0.6) is 5.75 Å². The van der Waals surface area contributed by atoms with Crippen molar-refractivity contribution in [3.05, 3.63) is 71.8 Å². The van der Waals surface area contributed by atoms with Gasteiger partial charge in [-0.2, -0.15) is 0 Å². The molecule has 0 aliphatic carbocycles. The van der Waals surface area contributed by atoms with Crippen LogP contribution in [0.2, 0.25) is 0 Å². The van der Waals surface area contributed by atoms with Crippen LogP contribution in [0.4, 0.5) is 5.69 Å². The highest BCUT2D eigenvalue weighted by Gasteiger charge is 2.44. The topological polar surface area (TPSA) is 103 Å². The van der Waals surface area contributed by atoms with Crippen LogP contribution in [-0.2, 0) is 11.3 Å². The standard InChI is InChI=1S/C25H27NO6/c27-14-21-22(28)23(29)24(30)25(32-21)18-7-8-20-19(12-18)26(9-10-31-20)13-15-5-6-16-3-1-2-4-17(16)11-15/h1-8,11-12,21-25,27-30H,9-10,13-14H2/t21-,22-,23+,24-,25+/m1/s1. The smallest absolute Gasteiger partial charge is 0.142 e. The molecule has 2 aliphatic rings. The van der Waals surface area contributed by atoms with Crippen LogP contribution in [0.3, 0.4) is 0 Å². The van der Waals surface area contributed by atoms with E-state index >= 15 is 0 Å². The summed E-state index contributed by atoms with van der Waals surface area (Å²) in [6.07, 6.45) is -5.92. The fourth-order valence-electron chi connectivity index (χ4n) is 4.57. The Morgan fingerprint density at radius 3 is 2.50 bits per heavy atom. The van der Waals surface area contributed by atoms with E-state index in [2.05, 4.69) is 35.2 Å². The molecule has 0 amide bonds. The van der Waals surface area contributed by atoms with E-state index in [0.717, 1.165) is 11.4 Å². The van der Waals surface area contributed by atoms with Gasteiger partial charge in [-0.25, -0.2) is 0 Å². The highest BCUT2D eigenvalue weighted by molar-refractivity contribution is 5.83. The number of fused-ring (bicyclic) bond motifs is 2. The number of ether oxygens (including phenoxy) is 2. The monoisotopic (exact) mass is 437 g/mol. The first-order chi connectivity index (χ1) is 15.5. The van der Waals surface area contributed by atoms with Gasteiger partial charge in [0.1, 0.15) is 42.9 Å². The molecule has 5 atom stereocenters. The Kier molecular flexibility index (Phi) is 5.75. The van der Waals surface area contributed by atoms with Gasteiger partial charge in [-0.1, -0.05) is 42.5 Å². The maximum absolute atomic E-state index is 10.5. The zero-order chi connectivity index (χ0) is 22.2. The summed E-state index contributed by atoms with van der Waals surface area (Å²) < 4.78 is 11.6. The number of nitrogens with zero attached hydrogens (tertiary/aromatic N) is 1. The van der Waals surface area contributed by atoms with Crippen molar-refractivity contribution >= 4 is 16.5 Å². The fourth-order valence-corrected chi connectivity index (χ4v) is 4.57. The Morgan fingerprint density at radius 2 is 1.69 bits per heavy atom. The lowest BCUT2D eigenvalue weighted by Crippen LogP contribution is -2.55. The van der Waals surface area contributed by atoms with Crippen molar-refractivity contribution in [3.63, 3.8) is 0 Å². The van der Waals surface area contributed by atoms with Gasteiger partial charge in [0.05, 0.1) is 18.8 Å². The number of rotatable bonds is 4. The van der Waals surface area contributed by atoms with E-state index in [1.165, 1.54) is 16.3 Å². The second-order valence-corrected chi connectivity index (χ2v) is 8.43. The Hall–Kier alpha value is -2.68. The maximum Gasteiger partial charge on any atom is 0.142 e. The summed E-state index contributed by atoms with van der Waals surface area (Å²) >= 11 is 0. The van der Waals surface area contributed by atoms with Gasteiger partial charge in [0.25, 0.3) is 0 Å². The molecule has 0 unspecified atom stereocenters. The Morgan fingerprint density at radius 1 is 0.875 bits per heavy atom. The van der Waals surface area contributed by atoms with Gasteiger partial charge >= 0.3 is 0 Å². The predicted molar refractivity (Wildman–Crippen MR) is 120 cm³/mol. The summed E-state index contributed by atoms with van der Waals surface area (Å²) in [5, 5.41) is 42.7. The predicted octanol–water partition coefficient (Wildman–Crippen LogP) is 1.75. The summed E-state index contributed by atoms with van der Waals surface area (Å²) in [5.74, 6) is 0.741. The van der Waals surface area contributed by atoms with Crippen LogP contribution in [-0.4, -0.2) is 64.6 Å². The van der Waals surface area contributed by atoms with Gasteiger partial charge in [0.15, 0.2) is 0 Å². The van der Waals surface area contributed by atoms with Crippen LogP contribution >= 0.6 is 0 Å². The molecule has 0 radical (unpaired) electrons. The van der Waals surface area contributed by atoms with Crippen LogP contribution in [0.15, 0.2) is 60.7 Å². The number of aliphatic hydroxyl groups excluding tert-OH is 4. The van der Waals surface area contributed by atoms with E-state index in [4.69, 9.17) is 9.47 Å². The molecule has 0 aromatic heterocycles. The second kappa shape index (κ2) is 8.69. The Balaban J connectivity index is 1.44. The van der Waals surface area contributed by atoms with Crippen LogP contribution < -0.4 is 9.64 Å². The van der Waals surface area contributed by atoms with Gasteiger partial charge < -0.3 is 34.8 Å². The first-order valence-corrected chi connectivity index (χ1v) is 10.8. The molecule has 168 valence electrons. The summed E-state index contributed by atoms with van der Waals surface area (Å²) in [4.78, 5) is 2.22. The average molecular weight is 437 g/mol. The largest absolute Gasteiger partial charge is 0.490 e. The molecule has 3 aromatic rings. The van der Waals surface area contributed by atoms with Crippen molar-refractivity contribution in [2.45, 2.75) is 37.1 Å². The number of anilines is 1. The van der Waals surface area contributed by atoms with E-state index in [9.17, 15) is 20.4 Å². The zero-order valence-corrected chi connectivity index (χ0v) is 17.5. The second-order valence-electron chi connectivity index (χ2n) is 8.43. The minimum atomic E-state index is -1.41. The normalized spacial score (nSPS) is 27.8. The number of hydrogen-bond acceptors (Lipinski definition) is 7. The van der Waals surface area contributed by atoms with E-state index in [1.807, 2.05) is 24.3 Å². The lowest BCUT2D eigenvalue weighted by atomic mass is 9.91. The molecule has 0 bridgehead atoms. The van der Waals surface area contributed by atoms with Crippen LogP contribution in [0.25, 0.3) is 10.8 Å². The van der Waals surface area contributed by atoms with Crippen molar-refractivity contribution < 1.29 is 29.9 Å². The van der Waals surface area contributed by atoms with Gasteiger partial charge in [-0.15, -0.1) is 0 Å². The van der Waals surface area contributed by atoms with Crippen molar-refractivity contribution in [3.8, 4) is 5.75 Å². The highest BCUT2D eigenvalue weighted by atomic mass is 16.5. The zero-order valence-electron chi connectivity index (χ0n) is 17.5. The molecule has 7 nitrogen and oxygen atoms in total. The summed E-state index contributed by atoms with van der Waals surface area (Å²) in [7, 11) is 0. The van der Waals surface area contributed by atoms with E-state index in [-0.39, 0.29) is 0 Å². The van der Waals surface area contributed by atoms with Crippen LogP contribution in [0, 0.1) is 0 Å². The Bertz CT molecular complexity index is 1100. The molecule has 1 saturated heterocycles. The van der Waals surface area contributed by atoms with Gasteiger partial charge in [0, 0.05) is 6.54 Å². The van der Waals surface area contributed by atoms with Crippen LogP contribution in [0.1, 0.15) is 17.2 Å². The first-order valence-electron chi connectivity index (χ1n) is 10.8. The lowest BCUT2D eigenvalue weighted by Gasteiger charge is -2.40. The average Bonchev–Trinajstić information content (AvgIpc) is 2.83. The molecule has 0 spiro atoms. The molecule has 3 aromatic carbocycles. The molecule has 32 heavy (non-hydrogen) atoms. The molecule has 0 saturated carbocycles. The molecule has 4 N–H and O–H groups in total. The molecule has 7 heteroatoms. The van der Waals surface area contributed by atoms with E-state index in [1.54, 1.807) is 6.07 Å². The van der Waals surface area contributed by atoms with Gasteiger partial charge in [-0.3, -0.25) is 0 Å². The highest BCUT2D eigenvalue weighted by Crippen LogP contribution is 2.39. The molecular weight excluding hydrogens is 410 g/mol. The number of hydrogen-bond donors (Lipinski definition) is 4. The Labute approximate surface area is 186 Å². The first kappa shape index (κ1) is 21.2. The molecular formula is C25H27NO6. The summed E-state index contributed by atoms with van der Waals surface area (Å²) in [5.41, 5.74) is 2.70. The summed E-state index contributed by atoms with van der Waals surface area (Å²) in [6, 6.07) is 20.2. The lowest BCUT2D eigenvalue weighted by molar-refractivity contribution is -0.231. The van der Waals surface area contributed by atoms with E-state index < -0.39 is 37.1 Å². The molecule has 5 rings (SSSR count). The number of aliphatic hydroxyl groups is 4. The fraction of sp³-hybridized carbons (Fsp3) is 0.360. The van der Waals surface area contributed by atoms with E-state index in [0.29, 0.717) is 25.3 Å². The minimum absolute atomic E-state index is 0.455. The van der Waals surface area contributed by atoms with Crippen molar-refractivity contribution in [1.29, 1.82) is 0 Å². The molecule has 2 heterocycles. The number of benzene rings is 3. The molecule has 2 aliphatic heterocycles. The third-order valence-electron chi connectivity index (χ3n) is 6.35. The van der Waals surface area contributed by atoms with Crippen molar-refractivity contribution in [1.82, 2.24) is 0 Å². The summed E-state index contributed by atoms with van der Waals surface area (Å²) in [6.45, 7) is 1.51. The maximum atomic E-state index is 10.5. The third-order valence-corrected chi connectivity index (χ3v) is 6.35. The minimum Gasteiger partial charge on any atom is -0.490 e. The molecule has 1 fully saturated rings. The van der Waals surface area contributed by atoms with Gasteiger partial charge in [0.2, 0.25) is 0 Å². The SMILES string of the molecule is OC[C@H]1O[C@@H](c2ccc3c(c2)N(Cc2ccc4ccccc4c2)CCO3)[C@H](O)[C@@H](O)[C@@H]1O. The van der Waals surface area contributed by atoms with Crippen molar-refractivity contribution in [2.24, 2.45) is 0 Å². The van der Waals surface area contributed by atoms with Gasteiger partial charge in [-0.05, 0) is 40.1 Å².